The van der Waals surface area contributed by atoms with Crippen molar-refractivity contribution in [1.82, 2.24) is 14.4 Å². The van der Waals surface area contributed by atoms with Gasteiger partial charge in [-0.2, -0.15) is 0 Å². The van der Waals surface area contributed by atoms with E-state index in [1.807, 2.05) is 35.2 Å². The molecule has 2 heterocycles. The molecule has 3 rings (SSSR count). The van der Waals surface area contributed by atoms with E-state index in [0.29, 0.717) is 18.7 Å². The maximum atomic E-state index is 13.3. The minimum atomic E-state index is -0.215. The van der Waals surface area contributed by atoms with Gasteiger partial charge in [0.05, 0.1) is 12.0 Å². The van der Waals surface area contributed by atoms with Gasteiger partial charge in [0.2, 0.25) is 5.91 Å². The first-order chi connectivity index (χ1) is 13.8. The lowest BCUT2D eigenvalue weighted by atomic mass is 9.85. The van der Waals surface area contributed by atoms with Gasteiger partial charge in [0.15, 0.2) is 0 Å². The second-order valence-corrected chi connectivity index (χ2v) is 8.16. The Bertz CT molecular complexity index is 936. The zero-order chi connectivity index (χ0) is 21.1. The maximum Gasteiger partial charge on any atom is 0.253 e. The van der Waals surface area contributed by atoms with Crippen LogP contribution in [-0.2, 0) is 11.8 Å². The third kappa shape index (κ3) is 4.42. The first kappa shape index (κ1) is 20.8. The molecule has 1 aromatic carbocycles. The smallest absolute Gasteiger partial charge is 0.253 e. The lowest BCUT2D eigenvalue weighted by Gasteiger charge is -2.45. The number of amides is 2. The van der Waals surface area contributed by atoms with Gasteiger partial charge in [0.25, 0.3) is 11.5 Å². The molecule has 0 spiro atoms. The summed E-state index contributed by atoms with van der Waals surface area (Å²) in [6.45, 7) is 5.30. The van der Waals surface area contributed by atoms with E-state index in [9.17, 15) is 14.4 Å². The molecule has 0 N–H and O–H groups in total. The minimum Gasteiger partial charge on any atom is -0.340 e. The van der Waals surface area contributed by atoms with Crippen LogP contribution in [0.2, 0.25) is 0 Å². The van der Waals surface area contributed by atoms with Crippen molar-refractivity contribution in [3.05, 3.63) is 70.1 Å². The van der Waals surface area contributed by atoms with Crippen LogP contribution in [0.25, 0.3) is 0 Å². The molecular weight excluding hydrogens is 366 g/mol. The number of benzene rings is 1. The summed E-state index contributed by atoms with van der Waals surface area (Å²) in [4.78, 5) is 41.3. The molecule has 1 aliphatic heterocycles. The Morgan fingerprint density at radius 1 is 1.17 bits per heavy atom. The van der Waals surface area contributed by atoms with E-state index in [4.69, 9.17) is 0 Å². The zero-order valence-corrected chi connectivity index (χ0v) is 17.5. The molecule has 0 radical (unpaired) electrons. The highest BCUT2D eigenvalue weighted by Gasteiger charge is 2.38. The number of likely N-dealkylation sites (N-methyl/N-ethyl adjacent to an activating group) is 1. The predicted molar refractivity (Wildman–Crippen MR) is 113 cm³/mol. The summed E-state index contributed by atoms with van der Waals surface area (Å²) in [6.07, 6.45) is 2.47. The van der Waals surface area contributed by atoms with Gasteiger partial charge in [0, 0.05) is 45.0 Å². The molecule has 1 fully saturated rings. The Morgan fingerprint density at radius 3 is 2.41 bits per heavy atom. The van der Waals surface area contributed by atoms with E-state index >= 15 is 0 Å². The quantitative estimate of drug-likeness (QED) is 0.755. The highest BCUT2D eigenvalue weighted by Crippen LogP contribution is 2.31. The second kappa shape index (κ2) is 8.64. The molecule has 2 aromatic rings. The normalized spacial score (nSPS) is 17.0. The summed E-state index contributed by atoms with van der Waals surface area (Å²) in [5.41, 5.74) is 1.19. The van der Waals surface area contributed by atoms with Gasteiger partial charge in [-0.25, -0.2) is 0 Å². The fraction of sp³-hybridized carbons (Fsp3) is 0.435. The van der Waals surface area contributed by atoms with Crippen molar-refractivity contribution in [2.75, 3.05) is 20.1 Å². The third-order valence-corrected chi connectivity index (χ3v) is 5.70. The van der Waals surface area contributed by atoms with Gasteiger partial charge in [-0.15, -0.1) is 0 Å². The van der Waals surface area contributed by atoms with E-state index in [0.717, 1.165) is 12.0 Å². The maximum absolute atomic E-state index is 13.3. The van der Waals surface area contributed by atoms with Crippen molar-refractivity contribution in [1.29, 1.82) is 0 Å². The number of nitrogens with zero attached hydrogens (tertiary/aromatic N) is 3. The first-order valence-electron chi connectivity index (χ1n) is 10.1. The molecule has 1 aliphatic rings. The van der Waals surface area contributed by atoms with E-state index in [1.54, 1.807) is 31.3 Å². The molecule has 154 valence electrons. The van der Waals surface area contributed by atoms with Gasteiger partial charge >= 0.3 is 0 Å². The van der Waals surface area contributed by atoms with E-state index < -0.39 is 0 Å². The molecule has 1 aromatic heterocycles. The van der Waals surface area contributed by atoms with Crippen LogP contribution >= 0.6 is 0 Å². The molecule has 2 unspecified atom stereocenters. The summed E-state index contributed by atoms with van der Waals surface area (Å²) >= 11 is 0. The van der Waals surface area contributed by atoms with E-state index in [2.05, 4.69) is 13.8 Å². The molecule has 2 atom stereocenters. The van der Waals surface area contributed by atoms with E-state index in [-0.39, 0.29) is 35.3 Å². The molecule has 6 heteroatoms. The monoisotopic (exact) mass is 395 g/mol. The van der Waals surface area contributed by atoms with Crippen LogP contribution in [0.15, 0.2) is 53.5 Å². The molecule has 29 heavy (non-hydrogen) atoms. The third-order valence-electron chi connectivity index (χ3n) is 5.70. The molecule has 1 saturated heterocycles. The van der Waals surface area contributed by atoms with Crippen LogP contribution < -0.4 is 5.56 Å². The fourth-order valence-corrected chi connectivity index (χ4v) is 3.87. The zero-order valence-electron chi connectivity index (χ0n) is 17.5. The number of aryl methyl sites for hydroxylation is 1. The Balaban J connectivity index is 1.69. The minimum absolute atomic E-state index is 0.00737. The van der Waals surface area contributed by atoms with Crippen LogP contribution in [0.5, 0.6) is 0 Å². The number of pyridine rings is 1. The van der Waals surface area contributed by atoms with Crippen molar-refractivity contribution < 1.29 is 9.59 Å². The van der Waals surface area contributed by atoms with Crippen LogP contribution in [0.4, 0.5) is 0 Å². The average Bonchev–Trinajstić information content (AvgIpc) is 2.67. The number of hydrogen-bond donors (Lipinski definition) is 0. The molecule has 2 amide bonds. The number of hydrogen-bond acceptors (Lipinski definition) is 3. The molecule has 0 bridgehead atoms. The van der Waals surface area contributed by atoms with Gasteiger partial charge in [0.1, 0.15) is 0 Å². The summed E-state index contributed by atoms with van der Waals surface area (Å²) in [5, 5.41) is 0. The summed E-state index contributed by atoms with van der Waals surface area (Å²) in [7, 11) is 3.37. The number of likely N-dealkylation sites (tertiary alicyclic amines) is 1. The van der Waals surface area contributed by atoms with Crippen molar-refractivity contribution in [2.45, 2.75) is 32.2 Å². The van der Waals surface area contributed by atoms with Gasteiger partial charge in [-0.1, -0.05) is 44.2 Å². The molecular formula is C23H29N3O3. The second-order valence-electron chi connectivity index (χ2n) is 8.16. The summed E-state index contributed by atoms with van der Waals surface area (Å²) < 4.78 is 1.43. The van der Waals surface area contributed by atoms with Crippen molar-refractivity contribution in [2.24, 2.45) is 13.0 Å². The summed E-state index contributed by atoms with van der Waals surface area (Å²) in [6, 6.07) is 12.9. The number of aromatic nitrogens is 1. The Kier molecular flexibility index (Phi) is 6.20. The van der Waals surface area contributed by atoms with Crippen LogP contribution in [-0.4, -0.2) is 52.4 Å². The highest BCUT2D eigenvalue weighted by atomic mass is 16.2. The lowest BCUT2D eigenvalue weighted by Crippen LogP contribution is -2.57. The first-order valence-corrected chi connectivity index (χ1v) is 10.1. The van der Waals surface area contributed by atoms with Crippen LogP contribution in [0.3, 0.4) is 0 Å². The highest BCUT2D eigenvalue weighted by molar-refractivity contribution is 5.94. The Labute approximate surface area is 171 Å². The number of carbonyl (C=O) groups is 2. The van der Waals surface area contributed by atoms with Gasteiger partial charge in [-0.05, 0) is 24.0 Å². The molecule has 6 nitrogen and oxygen atoms in total. The number of carbonyl (C=O) groups excluding carboxylic acids is 2. The topological polar surface area (TPSA) is 62.6 Å². The van der Waals surface area contributed by atoms with E-state index in [1.165, 1.54) is 10.6 Å². The Hall–Kier alpha value is -2.89. The summed E-state index contributed by atoms with van der Waals surface area (Å²) in [5.74, 6) is -0.0782. The lowest BCUT2D eigenvalue weighted by molar-refractivity contribution is -0.142. The molecule has 0 aliphatic carbocycles. The van der Waals surface area contributed by atoms with Crippen molar-refractivity contribution >= 4 is 11.8 Å². The predicted octanol–water partition coefficient (Wildman–Crippen LogP) is 2.50. The van der Waals surface area contributed by atoms with Crippen molar-refractivity contribution in [3.8, 4) is 0 Å². The Morgan fingerprint density at radius 2 is 1.86 bits per heavy atom. The standard InChI is InChI=1S/C23H29N3O3/c1-16(2)21(17-8-6-5-7-9-17)23(29)26-13-11-19(26)15-25(4)22(28)18-10-12-24(3)20(27)14-18/h5-10,12,14,16,19,21H,11,13,15H2,1-4H3. The van der Waals surface area contributed by atoms with Gasteiger partial charge in [-0.3, -0.25) is 14.4 Å². The largest absolute Gasteiger partial charge is 0.340 e. The molecule has 0 saturated carbocycles. The van der Waals surface area contributed by atoms with Crippen LogP contribution in [0.1, 0.15) is 42.1 Å². The average molecular weight is 396 g/mol. The SMILES string of the molecule is CC(C)C(C(=O)N1CCC1CN(C)C(=O)c1ccn(C)c(=O)c1)c1ccccc1. The van der Waals surface area contributed by atoms with Gasteiger partial charge < -0.3 is 14.4 Å². The fourth-order valence-electron chi connectivity index (χ4n) is 3.87. The van der Waals surface area contributed by atoms with Crippen molar-refractivity contribution in [3.63, 3.8) is 0 Å². The number of rotatable bonds is 6. The van der Waals surface area contributed by atoms with Crippen LogP contribution in [0, 0.1) is 5.92 Å².